The molecule has 4 heteroatoms. The maximum Gasteiger partial charge on any atom is 0.237 e. The minimum absolute atomic E-state index is 0.0437. The van der Waals surface area contributed by atoms with Crippen LogP contribution in [0.15, 0.2) is 0 Å². The molecule has 1 saturated heterocycles. The Morgan fingerprint density at radius 3 is 2.62 bits per heavy atom. The van der Waals surface area contributed by atoms with Gasteiger partial charge >= 0.3 is 0 Å². The van der Waals surface area contributed by atoms with Gasteiger partial charge in [0.25, 0.3) is 0 Å². The fourth-order valence-electron chi connectivity index (χ4n) is 2.80. The van der Waals surface area contributed by atoms with Gasteiger partial charge < -0.3 is 15.7 Å². The van der Waals surface area contributed by atoms with E-state index in [4.69, 9.17) is 0 Å². The van der Waals surface area contributed by atoms with Crippen molar-refractivity contribution in [2.24, 2.45) is 0 Å². The lowest BCUT2D eigenvalue weighted by Crippen LogP contribution is -2.56. The van der Waals surface area contributed by atoms with E-state index in [2.05, 4.69) is 10.6 Å². The standard InChI is InChI=1S/C12H22N2O2/c15-9-12(6-2-3-7-12)14-11(16)10-5-1-4-8-13-10/h10,13,15H,1-9H2,(H,14,16)/t10-/m0/s1. The largest absolute Gasteiger partial charge is 0.394 e. The fourth-order valence-corrected chi connectivity index (χ4v) is 2.80. The number of aliphatic hydroxyl groups excluding tert-OH is 1. The zero-order valence-electron chi connectivity index (χ0n) is 9.80. The van der Waals surface area contributed by atoms with E-state index in [9.17, 15) is 9.90 Å². The number of hydrogen-bond acceptors (Lipinski definition) is 3. The van der Waals surface area contributed by atoms with Gasteiger partial charge in [-0.2, -0.15) is 0 Å². The lowest BCUT2D eigenvalue weighted by molar-refractivity contribution is -0.126. The van der Waals surface area contributed by atoms with Crippen LogP contribution in [0.5, 0.6) is 0 Å². The van der Waals surface area contributed by atoms with E-state index in [0.717, 1.165) is 51.5 Å². The van der Waals surface area contributed by atoms with Crippen LogP contribution in [-0.2, 0) is 4.79 Å². The van der Waals surface area contributed by atoms with Crippen molar-refractivity contribution in [1.29, 1.82) is 0 Å². The Labute approximate surface area is 96.8 Å². The van der Waals surface area contributed by atoms with Crippen molar-refractivity contribution in [2.75, 3.05) is 13.2 Å². The maximum atomic E-state index is 12.0. The highest BCUT2D eigenvalue weighted by Gasteiger charge is 2.36. The molecule has 0 bridgehead atoms. The first-order valence-corrected chi connectivity index (χ1v) is 6.42. The quantitative estimate of drug-likeness (QED) is 0.658. The van der Waals surface area contributed by atoms with Gasteiger partial charge in [0.1, 0.15) is 0 Å². The van der Waals surface area contributed by atoms with Crippen molar-refractivity contribution in [3.8, 4) is 0 Å². The van der Waals surface area contributed by atoms with Crippen molar-refractivity contribution in [3.05, 3.63) is 0 Å². The molecule has 1 heterocycles. The zero-order chi connectivity index (χ0) is 11.4. The molecule has 1 saturated carbocycles. The summed E-state index contributed by atoms with van der Waals surface area (Å²) in [5.41, 5.74) is -0.323. The Hall–Kier alpha value is -0.610. The average molecular weight is 226 g/mol. The van der Waals surface area contributed by atoms with Gasteiger partial charge in [0, 0.05) is 0 Å². The first-order valence-electron chi connectivity index (χ1n) is 6.42. The predicted molar refractivity (Wildman–Crippen MR) is 62.1 cm³/mol. The Kier molecular flexibility index (Phi) is 3.82. The minimum Gasteiger partial charge on any atom is -0.394 e. The molecule has 0 spiro atoms. The third kappa shape index (κ3) is 2.55. The van der Waals surface area contributed by atoms with Gasteiger partial charge in [-0.25, -0.2) is 0 Å². The van der Waals surface area contributed by atoms with E-state index >= 15 is 0 Å². The van der Waals surface area contributed by atoms with Crippen LogP contribution in [0.25, 0.3) is 0 Å². The predicted octanol–water partition coefficient (Wildman–Crippen LogP) is 0.550. The molecule has 2 aliphatic rings. The normalized spacial score (nSPS) is 28.9. The van der Waals surface area contributed by atoms with E-state index in [0.29, 0.717) is 0 Å². The van der Waals surface area contributed by atoms with E-state index in [1.165, 1.54) is 0 Å². The SMILES string of the molecule is O=C(NC1(CO)CCCC1)[C@@H]1CCCCN1. The van der Waals surface area contributed by atoms with Crippen LogP contribution in [0.2, 0.25) is 0 Å². The van der Waals surface area contributed by atoms with Crippen molar-refractivity contribution in [1.82, 2.24) is 10.6 Å². The number of carbonyl (C=O) groups is 1. The number of rotatable bonds is 3. The molecule has 0 unspecified atom stereocenters. The summed E-state index contributed by atoms with van der Waals surface area (Å²) in [5, 5.41) is 15.7. The van der Waals surface area contributed by atoms with Crippen LogP contribution in [0.4, 0.5) is 0 Å². The van der Waals surface area contributed by atoms with Crippen molar-refractivity contribution >= 4 is 5.91 Å². The number of carbonyl (C=O) groups excluding carboxylic acids is 1. The average Bonchev–Trinajstić information content (AvgIpc) is 2.79. The van der Waals surface area contributed by atoms with Gasteiger partial charge in [0.15, 0.2) is 0 Å². The Balaban J connectivity index is 1.89. The van der Waals surface area contributed by atoms with Gasteiger partial charge in [-0.1, -0.05) is 19.3 Å². The van der Waals surface area contributed by atoms with Crippen LogP contribution < -0.4 is 10.6 Å². The molecule has 0 aromatic carbocycles. The van der Waals surface area contributed by atoms with E-state index in [1.54, 1.807) is 0 Å². The third-order valence-electron chi connectivity index (χ3n) is 3.88. The van der Waals surface area contributed by atoms with Crippen molar-refractivity contribution in [2.45, 2.75) is 56.5 Å². The highest BCUT2D eigenvalue weighted by Crippen LogP contribution is 2.29. The summed E-state index contributed by atoms with van der Waals surface area (Å²) in [6, 6.07) is -0.0437. The van der Waals surface area contributed by atoms with E-state index in [1.807, 2.05) is 0 Å². The highest BCUT2D eigenvalue weighted by atomic mass is 16.3. The van der Waals surface area contributed by atoms with Crippen molar-refractivity contribution < 1.29 is 9.90 Å². The summed E-state index contributed by atoms with van der Waals surface area (Å²) in [6.07, 6.45) is 7.27. The minimum atomic E-state index is -0.323. The molecule has 1 amide bonds. The summed E-state index contributed by atoms with van der Waals surface area (Å²) in [6.45, 7) is 1.01. The second-order valence-corrected chi connectivity index (χ2v) is 5.14. The van der Waals surface area contributed by atoms with Crippen molar-refractivity contribution in [3.63, 3.8) is 0 Å². The van der Waals surface area contributed by atoms with Crippen LogP contribution in [0.1, 0.15) is 44.9 Å². The smallest absolute Gasteiger partial charge is 0.237 e. The Morgan fingerprint density at radius 1 is 1.31 bits per heavy atom. The van der Waals surface area contributed by atoms with Crippen LogP contribution in [0, 0.1) is 0 Å². The van der Waals surface area contributed by atoms with Gasteiger partial charge in [-0.05, 0) is 32.2 Å². The number of amides is 1. The third-order valence-corrected chi connectivity index (χ3v) is 3.88. The molecule has 1 aliphatic carbocycles. The molecule has 1 atom stereocenters. The summed E-state index contributed by atoms with van der Waals surface area (Å²) in [4.78, 5) is 12.0. The molecule has 2 fully saturated rings. The monoisotopic (exact) mass is 226 g/mol. The Bertz CT molecular complexity index is 243. The molecule has 92 valence electrons. The fraction of sp³-hybridized carbons (Fsp3) is 0.917. The van der Waals surface area contributed by atoms with E-state index in [-0.39, 0.29) is 24.1 Å². The number of piperidine rings is 1. The zero-order valence-corrected chi connectivity index (χ0v) is 9.80. The number of hydrogen-bond donors (Lipinski definition) is 3. The second kappa shape index (κ2) is 5.15. The van der Waals surface area contributed by atoms with Gasteiger partial charge in [0.2, 0.25) is 5.91 Å². The number of aliphatic hydroxyl groups is 1. The van der Waals surface area contributed by atoms with Gasteiger partial charge in [-0.3, -0.25) is 4.79 Å². The molecular weight excluding hydrogens is 204 g/mol. The molecule has 0 radical (unpaired) electrons. The molecule has 0 aromatic rings. The molecule has 3 N–H and O–H groups in total. The van der Waals surface area contributed by atoms with E-state index < -0.39 is 0 Å². The Morgan fingerprint density at radius 2 is 2.06 bits per heavy atom. The first kappa shape index (κ1) is 11.9. The van der Waals surface area contributed by atoms with Crippen LogP contribution in [-0.4, -0.2) is 35.7 Å². The van der Waals surface area contributed by atoms with Gasteiger partial charge in [0.05, 0.1) is 18.2 Å². The number of nitrogens with one attached hydrogen (secondary N) is 2. The molecule has 1 aliphatic heterocycles. The van der Waals surface area contributed by atoms with Crippen LogP contribution >= 0.6 is 0 Å². The molecule has 4 nitrogen and oxygen atoms in total. The van der Waals surface area contributed by atoms with Crippen LogP contribution in [0.3, 0.4) is 0 Å². The molecular formula is C12H22N2O2. The highest BCUT2D eigenvalue weighted by molar-refractivity contribution is 5.82. The topological polar surface area (TPSA) is 61.4 Å². The second-order valence-electron chi connectivity index (χ2n) is 5.14. The molecule has 16 heavy (non-hydrogen) atoms. The first-order chi connectivity index (χ1) is 7.76. The summed E-state index contributed by atoms with van der Waals surface area (Å²) < 4.78 is 0. The summed E-state index contributed by atoms with van der Waals surface area (Å²) in [5.74, 6) is 0.0793. The summed E-state index contributed by atoms with van der Waals surface area (Å²) in [7, 11) is 0. The maximum absolute atomic E-state index is 12.0. The summed E-state index contributed by atoms with van der Waals surface area (Å²) >= 11 is 0. The van der Waals surface area contributed by atoms with Gasteiger partial charge in [-0.15, -0.1) is 0 Å². The molecule has 2 rings (SSSR count). The lowest BCUT2D eigenvalue weighted by atomic mass is 9.97. The molecule has 0 aromatic heterocycles. The lowest BCUT2D eigenvalue weighted by Gasteiger charge is -2.31.